The number of ether oxygens (including phenoxy) is 1. The molecule has 1 aromatic heterocycles. The quantitative estimate of drug-likeness (QED) is 0.640. The molecular weight excluding hydrogens is 316 g/mol. The molecule has 0 spiro atoms. The monoisotopic (exact) mass is 344 g/mol. The van der Waals surface area contributed by atoms with Crippen LogP contribution in [0.5, 0.6) is 0 Å². The minimum atomic E-state index is -0.470. The lowest BCUT2D eigenvalue weighted by Crippen LogP contribution is -2.33. The van der Waals surface area contributed by atoms with Crippen LogP contribution in [0, 0.1) is 0 Å². The molecule has 0 aliphatic heterocycles. The summed E-state index contributed by atoms with van der Waals surface area (Å²) in [4.78, 5) is 11.7. The standard InChI is InChI=1S/C19H28N4O2/c1-19(2,3)25-18(24)20-12-7-10-17(15-8-5-4-6-9-15)21-14-16-11-13-22-23-16/h4-6,8-9,11,13,17,21H,7,10,12,14H2,1-3H3,(H,20,24)(H,22,23). The molecule has 0 saturated heterocycles. The van der Waals surface area contributed by atoms with E-state index in [0.29, 0.717) is 6.54 Å². The van der Waals surface area contributed by atoms with Crippen LogP contribution in [0.15, 0.2) is 42.6 Å². The van der Waals surface area contributed by atoms with Gasteiger partial charge < -0.3 is 15.4 Å². The molecular formula is C19H28N4O2. The zero-order chi connectivity index (χ0) is 18.1. The Morgan fingerprint density at radius 3 is 2.64 bits per heavy atom. The zero-order valence-corrected chi connectivity index (χ0v) is 15.2. The van der Waals surface area contributed by atoms with Gasteiger partial charge in [0, 0.05) is 31.0 Å². The number of aromatic nitrogens is 2. The van der Waals surface area contributed by atoms with Gasteiger partial charge in [-0.25, -0.2) is 4.79 Å². The van der Waals surface area contributed by atoms with Crippen molar-refractivity contribution >= 4 is 6.09 Å². The molecule has 0 bridgehead atoms. The Hall–Kier alpha value is -2.34. The first-order chi connectivity index (χ1) is 11.9. The highest BCUT2D eigenvalue weighted by Gasteiger charge is 2.16. The van der Waals surface area contributed by atoms with Gasteiger partial charge in [0.2, 0.25) is 0 Å². The number of alkyl carbamates (subject to hydrolysis) is 1. The minimum absolute atomic E-state index is 0.213. The molecule has 3 N–H and O–H groups in total. The fourth-order valence-corrected chi connectivity index (χ4v) is 2.50. The van der Waals surface area contributed by atoms with Crippen LogP contribution in [-0.4, -0.2) is 28.4 Å². The van der Waals surface area contributed by atoms with E-state index in [-0.39, 0.29) is 12.1 Å². The van der Waals surface area contributed by atoms with Gasteiger partial charge in [-0.05, 0) is 45.2 Å². The molecule has 1 unspecified atom stereocenters. The fraction of sp³-hybridized carbons (Fsp3) is 0.474. The lowest BCUT2D eigenvalue weighted by molar-refractivity contribution is 0.0526. The molecule has 1 heterocycles. The van der Waals surface area contributed by atoms with Crippen LogP contribution < -0.4 is 10.6 Å². The van der Waals surface area contributed by atoms with Crippen LogP contribution in [0.3, 0.4) is 0 Å². The summed E-state index contributed by atoms with van der Waals surface area (Å²) in [6.45, 7) is 6.88. The molecule has 2 aromatic rings. The predicted molar refractivity (Wildman–Crippen MR) is 98.1 cm³/mol. The average molecular weight is 344 g/mol. The molecule has 0 aliphatic carbocycles. The molecule has 6 heteroatoms. The van der Waals surface area contributed by atoms with Gasteiger partial charge in [0.15, 0.2) is 0 Å². The van der Waals surface area contributed by atoms with Gasteiger partial charge >= 0.3 is 6.09 Å². The molecule has 0 saturated carbocycles. The summed E-state index contributed by atoms with van der Waals surface area (Å²) >= 11 is 0. The van der Waals surface area contributed by atoms with Crippen LogP contribution in [0.25, 0.3) is 0 Å². The Morgan fingerprint density at radius 1 is 1.24 bits per heavy atom. The summed E-state index contributed by atoms with van der Waals surface area (Å²) in [6, 6.07) is 12.5. The third-order valence-corrected chi connectivity index (χ3v) is 3.64. The number of nitrogens with zero attached hydrogens (tertiary/aromatic N) is 1. The topological polar surface area (TPSA) is 79.0 Å². The minimum Gasteiger partial charge on any atom is -0.444 e. The second kappa shape index (κ2) is 9.22. The van der Waals surface area contributed by atoms with Crippen molar-refractivity contribution in [3.05, 3.63) is 53.9 Å². The molecule has 1 atom stereocenters. The number of nitrogens with one attached hydrogen (secondary N) is 3. The van der Waals surface area contributed by atoms with Gasteiger partial charge in [-0.2, -0.15) is 5.10 Å². The third-order valence-electron chi connectivity index (χ3n) is 3.64. The van der Waals surface area contributed by atoms with Crippen molar-refractivity contribution in [2.24, 2.45) is 0 Å². The lowest BCUT2D eigenvalue weighted by Gasteiger charge is -2.21. The Labute approximate surface area is 149 Å². The second-order valence-corrected chi connectivity index (χ2v) is 7.00. The molecule has 136 valence electrons. The van der Waals surface area contributed by atoms with Crippen LogP contribution in [0.2, 0.25) is 0 Å². The molecule has 0 fully saturated rings. The van der Waals surface area contributed by atoms with Crippen LogP contribution in [0.1, 0.15) is 50.9 Å². The van der Waals surface area contributed by atoms with Crippen molar-refractivity contribution in [2.75, 3.05) is 6.54 Å². The van der Waals surface area contributed by atoms with Crippen molar-refractivity contribution in [2.45, 2.75) is 51.8 Å². The Kier molecular flexibility index (Phi) is 7.01. The first-order valence-electron chi connectivity index (χ1n) is 8.67. The average Bonchev–Trinajstić information content (AvgIpc) is 3.07. The molecule has 1 amide bonds. The molecule has 2 rings (SSSR count). The maximum atomic E-state index is 11.7. The van der Waals surface area contributed by atoms with Gasteiger partial charge in [-0.1, -0.05) is 30.3 Å². The van der Waals surface area contributed by atoms with E-state index in [2.05, 4.69) is 33.0 Å². The van der Waals surface area contributed by atoms with Crippen molar-refractivity contribution in [1.29, 1.82) is 0 Å². The maximum Gasteiger partial charge on any atom is 0.407 e. The Balaban J connectivity index is 1.81. The fourth-order valence-electron chi connectivity index (χ4n) is 2.50. The van der Waals surface area contributed by atoms with E-state index in [4.69, 9.17) is 4.74 Å². The van der Waals surface area contributed by atoms with Crippen LogP contribution in [-0.2, 0) is 11.3 Å². The van der Waals surface area contributed by atoms with Crippen molar-refractivity contribution < 1.29 is 9.53 Å². The van der Waals surface area contributed by atoms with E-state index in [0.717, 1.165) is 25.1 Å². The highest BCUT2D eigenvalue weighted by Crippen LogP contribution is 2.18. The molecule has 25 heavy (non-hydrogen) atoms. The number of hydrogen-bond acceptors (Lipinski definition) is 4. The van der Waals surface area contributed by atoms with Crippen molar-refractivity contribution in [3.8, 4) is 0 Å². The smallest absolute Gasteiger partial charge is 0.407 e. The number of amides is 1. The van der Waals surface area contributed by atoms with Gasteiger partial charge in [-0.15, -0.1) is 0 Å². The first-order valence-corrected chi connectivity index (χ1v) is 8.67. The summed E-state index contributed by atoms with van der Waals surface area (Å²) in [5.41, 5.74) is 1.81. The Morgan fingerprint density at radius 2 is 2.00 bits per heavy atom. The number of carbonyl (C=O) groups is 1. The number of aromatic amines is 1. The summed E-state index contributed by atoms with van der Waals surface area (Å²) in [5, 5.41) is 13.3. The van der Waals surface area contributed by atoms with Gasteiger partial charge in [0.05, 0.1) is 0 Å². The van der Waals surface area contributed by atoms with Crippen molar-refractivity contribution in [3.63, 3.8) is 0 Å². The van der Waals surface area contributed by atoms with E-state index >= 15 is 0 Å². The summed E-state index contributed by atoms with van der Waals surface area (Å²) in [7, 11) is 0. The molecule has 0 aliphatic rings. The largest absolute Gasteiger partial charge is 0.444 e. The van der Waals surface area contributed by atoms with E-state index in [1.165, 1.54) is 5.56 Å². The first kappa shape index (κ1) is 19.0. The molecule has 1 aromatic carbocycles. The van der Waals surface area contributed by atoms with E-state index < -0.39 is 5.60 Å². The third kappa shape index (κ3) is 7.39. The highest BCUT2D eigenvalue weighted by atomic mass is 16.6. The summed E-state index contributed by atoms with van der Waals surface area (Å²) in [6.07, 6.45) is 3.15. The number of benzene rings is 1. The predicted octanol–water partition coefficient (Wildman–Crippen LogP) is 3.55. The van der Waals surface area contributed by atoms with Crippen LogP contribution >= 0.6 is 0 Å². The maximum absolute atomic E-state index is 11.7. The molecule has 6 nitrogen and oxygen atoms in total. The number of H-pyrrole nitrogens is 1. The number of hydrogen-bond donors (Lipinski definition) is 3. The second-order valence-electron chi connectivity index (χ2n) is 7.00. The summed E-state index contributed by atoms with van der Waals surface area (Å²) in [5.74, 6) is 0. The van der Waals surface area contributed by atoms with Gasteiger partial charge in [0.25, 0.3) is 0 Å². The SMILES string of the molecule is CC(C)(C)OC(=O)NCCCC(NCc1ccn[nH]1)c1ccccc1. The van der Waals surface area contributed by atoms with Crippen molar-refractivity contribution in [1.82, 2.24) is 20.8 Å². The number of rotatable bonds is 8. The highest BCUT2D eigenvalue weighted by molar-refractivity contribution is 5.67. The van der Waals surface area contributed by atoms with Gasteiger partial charge in [-0.3, -0.25) is 5.10 Å². The van der Waals surface area contributed by atoms with E-state index in [1.807, 2.05) is 45.0 Å². The van der Waals surface area contributed by atoms with Crippen LogP contribution in [0.4, 0.5) is 4.79 Å². The molecule has 0 radical (unpaired) electrons. The number of carbonyl (C=O) groups excluding carboxylic acids is 1. The summed E-state index contributed by atoms with van der Waals surface area (Å²) < 4.78 is 5.25. The van der Waals surface area contributed by atoms with Gasteiger partial charge in [0.1, 0.15) is 5.60 Å². The Bertz CT molecular complexity index is 621. The lowest BCUT2D eigenvalue weighted by atomic mass is 10.0. The van der Waals surface area contributed by atoms with E-state index in [1.54, 1.807) is 6.20 Å². The van der Waals surface area contributed by atoms with E-state index in [9.17, 15) is 4.79 Å². The normalized spacial score (nSPS) is 12.6. The zero-order valence-electron chi connectivity index (χ0n) is 15.2.